The molecule has 1 amide bonds. The third-order valence-corrected chi connectivity index (χ3v) is 9.09. The minimum atomic E-state index is -4.16. The predicted molar refractivity (Wildman–Crippen MR) is 139 cm³/mol. The van der Waals surface area contributed by atoms with Crippen molar-refractivity contribution < 1.29 is 26.0 Å². The van der Waals surface area contributed by atoms with Gasteiger partial charge in [0.2, 0.25) is 19.9 Å². The maximum atomic E-state index is 13.9. The summed E-state index contributed by atoms with van der Waals surface area (Å²) in [6, 6.07) is 14.4. The monoisotopic (exact) mass is 563 g/mol. The Labute approximate surface area is 218 Å². The smallest absolute Gasteiger partial charge is 0.269 e. The van der Waals surface area contributed by atoms with Crippen LogP contribution in [0.3, 0.4) is 0 Å². The summed E-state index contributed by atoms with van der Waals surface area (Å²) in [7, 11) is -8.31. The first-order chi connectivity index (χ1) is 17.4. The van der Waals surface area contributed by atoms with E-state index in [1.54, 1.807) is 26.0 Å². The summed E-state index contributed by atoms with van der Waals surface area (Å²) in [6.07, 6.45) is 0. The lowest BCUT2D eigenvalue weighted by Gasteiger charge is -2.11. The Hall–Kier alpha value is -3.25. The second-order valence-corrected chi connectivity index (χ2v) is 12.5. The van der Waals surface area contributed by atoms with Gasteiger partial charge in [-0.25, -0.2) is 25.9 Å². The van der Waals surface area contributed by atoms with Gasteiger partial charge in [-0.1, -0.05) is 29.8 Å². The molecule has 0 aliphatic carbocycles. The fourth-order valence-corrected chi connectivity index (χ4v) is 7.04. The van der Waals surface area contributed by atoms with Gasteiger partial charge in [0.25, 0.3) is 5.91 Å². The molecule has 1 heterocycles. The van der Waals surface area contributed by atoms with E-state index in [1.165, 1.54) is 30.3 Å². The molecule has 3 aromatic carbocycles. The van der Waals surface area contributed by atoms with Gasteiger partial charge >= 0.3 is 0 Å². The number of nitrogens with one attached hydrogen (secondary N) is 3. The van der Waals surface area contributed by atoms with Crippen molar-refractivity contribution in [1.82, 2.24) is 15.0 Å². The van der Waals surface area contributed by atoms with Gasteiger partial charge in [0.05, 0.1) is 4.90 Å². The van der Waals surface area contributed by atoms with Crippen LogP contribution >= 0.6 is 11.6 Å². The molecule has 4 aromatic rings. The lowest BCUT2D eigenvalue weighted by molar-refractivity contribution is 0.0947. The minimum absolute atomic E-state index is 0.0255. The van der Waals surface area contributed by atoms with Crippen molar-refractivity contribution in [2.24, 2.45) is 0 Å². The average Bonchev–Trinajstić information content (AvgIpc) is 3.21. The van der Waals surface area contributed by atoms with E-state index in [0.29, 0.717) is 5.52 Å². The van der Waals surface area contributed by atoms with Crippen LogP contribution in [-0.4, -0.2) is 40.8 Å². The number of fused-ring (bicyclic) bond motifs is 1. The molecule has 0 spiro atoms. The Morgan fingerprint density at radius 1 is 0.946 bits per heavy atom. The normalized spacial score (nSPS) is 12.1. The van der Waals surface area contributed by atoms with Gasteiger partial charge in [0.1, 0.15) is 21.3 Å². The number of aromatic amines is 1. The van der Waals surface area contributed by atoms with E-state index >= 15 is 0 Å². The Balaban J connectivity index is 1.63. The minimum Gasteiger partial charge on any atom is -0.349 e. The number of hydrogen-bond donors (Lipinski definition) is 3. The Bertz CT molecular complexity index is 1710. The summed E-state index contributed by atoms with van der Waals surface area (Å²) in [6.45, 7) is 3.10. The number of hydrogen-bond acceptors (Lipinski definition) is 5. The molecule has 37 heavy (non-hydrogen) atoms. The van der Waals surface area contributed by atoms with E-state index in [9.17, 15) is 26.0 Å². The number of carbonyl (C=O) groups excluding carboxylic acids is 1. The Kier molecular flexibility index (Phi) is 7.43. The van der Waals surface area contributed by atoms with E-state index in [-0.39, 0.29) is 39.0 Å². The average molecular weight is 564 g/mol. The highest BCUT2D eigenvalue weighted by Gasteiger charge is 2.30. The van der Waals surface area contributed by atoms with Crippen LogP contribution in [0.4, 0.5) is 4.39 Å². The number of aryl methyl sites for hydroxylation is 2. The number of halogens is 2. The molecule has 1 aromatic heterocycles. The molecule has 0 unspecified atom stereocenters. The zero-order valence-corrected chi connectivity index (χ0v) is 22.2. The predicted octanol–water partition coefficient (Wildman–Crippen LogP) is 4.12. The molecular weight excluding hydrogens is 541 g/mol. The zero-order chi connectivity index (χ0) is 27.0. The highest BCUT2D eigenvalue weighted by atomic mass is 35.5. The molecular formula is C25H23ClFN3O5S2. The molecule has 0 saturated heterocycles. The van der Waals surface area contributed by atoms with Crippen LogP contribution in [0.15, 0.2) is 75.4 Å². The molecule has 0 atom stereocenters. The van der Waals surface area contributed by atoms with Crippen LogP contribution in [0, 0.1) is 19.7 Å². The Morgan fingerprint density at radius 2 is 1.62 bits per heavy atom. The largest absolute Gasteiger partial charge is 0.349 e. The van der Waals surface area contributed by atoms with Gasteiger partial charge in [-0.3, -0.25) is 4.79 Å². The summed E-state index contributed by atoms with van der Waals surface area (Å²) in [5.41, 5.74) is 1.65. The number of benzene rings is 3. The van der Waals surface area contributed by atoms with Gasteiger partial charge in [-0.2, -0.15) is 0 Å². The number of aromatic nitrogens is 1. The molecule has 0 bridgehead atoms. The summed E-state index contributed by atoms with van der Waals surface area (Å²) >= 11 is 6.13. The maximum absolute atomic E-state index is 13.9. The number of sulfonamides is 1. The van der Waals surface area contributed by atoms with Gasteiger partial charge in [0, 0.05) is 29.0 Å². The quantitative estimate of drug-likeness (QED) is 0.278. The van der Waals surface area contributed by atoms with Crippen molar-refractivity contribution in [1.29, 1.82) is 0 Å². The van der Waals surface area contributed by atoms with Crippen LogP contribution in [0.25, 0.3) is 10.9 Å². The van der Waals surface area contributed by atoms with Crippen molar-refractivity contribution in [3.8, 4) is 0 Å². The molecule has 0 aliphatic rings. The molecule has 194 valence electrons. The van der Waals surface area contributed by atoms with Crippen molar-refractivity contribution in [3.63, 3.8) is 0 Å². The standard InChI is InChI=1S/C25H23ClFN3O5S2/c1-15-11-16(2)13-18(12-15)36(32,33)24-19-14-17(26)7-8-21(19)30-23(24)25(31)28-9-10-29-37(34,35)22-6-4-3-5-20(22)27/h3-8,11-14,29-30H,9-10H2,1-2H3,(H,28,31). The topological polar surface area (TPSA) is 125 Å². The molecule has 0 saturated carbocycles. The van der Waals surface area contributed by atoms with Crippen LogP contribution in [0.5, 0.6) is 0 Å². The number of sulfone groups is 1. The van der Waals surface area contributed by atoms with Crippen LogP contribution in [0.2, 0.25) is 5.02 Å². The van der Waals surface area contributed by atoms with Gasteiger partial charge in [-0.05, 0) is 67.4 Å². The highest BCUT2D eigenvalue weighted by molar-refractivity contribution is 7.91. The second-order valence-electron chi connectivity index (χ2n) is 8.43. The lowest BCUT2D eigenvalue weighted by Crippen LogP contribution is -2.35. The first kappa shape index (κ1) is 26.8. The van der Waals surface area contributed by atoms with Crippen molar-refractivity contribution in [3.05, 3.63) is 88.3 Å². The van der Waals surface area contributed by atoms with Crippen LogP contribution in [-0.2, 0) is 19.9 Å². The van der Waals surface area contributed by atoms with Gasteiger partial charge in [-0.15, -0.1) is 0 Å². The van der Waals surface area contributed by atoms with E-state index < -0.39 is 36.5 Å². The highest BCUT2D eigenvalue weighted by Crippen LogP contribution is 2.34. The fraction of sp³-hybridized carbons (Fsp3) is 0.160. The second kappa shape index (κ2) is 10.3. The number of rotatable bonds is 8. The summed E-state index contributed by atoms with van der Waals surface area (Å²) in [5, 5.41) is 3.05. The lowest BCUT2D eigenvalue weighted by atomic mass is 10.2. The summed E-state index contributed by atoms with van der Waals surface area (Å²) < 4.78 is 68.2. The van der Waals surface area contributed by atoms with E-state index in [4.69, 9.17) is 11.6 Å². The molecule has 0 radical (unpaired) electrons. The van der Waals surface area contributed by atoms with Gasteiger partial charge < -0.3 is 10.3 Å². The first-order valence-corrected chi connectivity index (χ1v) is 14.4. The van der Waals surface area contributed by atoms with Crippen LogP contribution in [0.1, 0.15) is 21.6 Å². The molecule has 0 aliphatic heterocycles. The molecule has 12 heteroatoms. The van der Waals surface area contributed by atoms with Crippen molar-refractivity contribution in [2.75, 3.05) is 13.1 Å². The van der Waals surface area contributed by atoms with Crippen LogP contribution < -0.4 is 10.0 Å². The third-order valence-electron chi connectivity index (χ3n) is 5.54. The SMILES string of the molecule is Cc1cc(C)cc(S(=O)(=O)c2c(C(=O)NCCNS(=O)(=O)c3ccccc3F)[nH]c3ccc(Cl)cc23)c1. The third kappa shape index (κ3) is 5.54. The maximum Gasteiger partial charge on any atom is 0.269 e. The summed E-state index contributed by atoms with van der Waals surface area (Å²) in [5.74, 6) is -1.67. The van der Waals surface area contributed by atoms with Gasteiger partial charge in [0.15, 0.2) is 0 Å². The molecule has 4 rings (SSSR count). The number of amides is 1. The number of H-pyrrole nitrogens is 1. The fourth-order valence-electron chi connectivity index (χ4n) is 3.97. The van der Waals surface area contributed by atoms with E-state index in [0.717, 1.165) is 23.3 Å². The first-order valence-electron chi connectivity index (χ1n) is 11.1. The molecule has 3 N–H and O–H groups in total. The van der Waals surface area contributed by atoms with E-state index in [2.05, 4.69) is 15.0 Å². The molecule has 8 nitrogen and oxygen atoms in total. The van der Waals surface area contributed by atoms with Crippen molar-refractivity contribution >= 4 is 48.3 Å². The zero-order valence-electron chi connectivity index (χ0n) is 19.8. The summed E-state index contributed by atoms with van der Waals surface area (Å²) in [4.78, 5) is 15.2. The van der Waals surface area contributed by atoms with E-state index in [1.807, 2.05) is 6.07 Å². The number of carbonyl (C=O) groups is 1. The molecule has 0 fully saturated rings. The van der Waals surface area contributed by atoms with Crippen molar-refractivity contribution in [2.45, 2.75) is 28.5 Å². The Morgan fingerprint density at radius 3 is 2.30 bits per heavy atom.